The van der Waals surface area contributed by atoms with Crippen LogP contribution in [0.4, 0.5) is 4.39 Å². The monoisotopic (exact) mass is 237 g/mol. The highest BCUT2D eigenvalue weighted by Gasteiger charge is 2.32. The number of likely N-dealkylation sites (tertiary alicyclic amines) is 1. The fraction of sp³-hybridized carbons (Fsp3) is 0.571. The molecule has 17 heavy (non-hydrogen) atoms. The Morgan fingerprint density at radius 2 is 2.12 bits per heavy atom. The van der Waals surface area contributed by atoms with Crippen LogP contribution in [0.1, 0.15) is 38.8 Å². The third kappa shape index (κ3) is 2.60. The maximum absolute atomic E-state index is 13.8. The summed E-state index contributed by atoms with van der Waals surface area (Å²) in [6, 6.07) is 4.49. The number of halogens is 1. The van der Waals surface area contributed by atoms with E-state index in [0.717, 1.165) is 19.5 Å². The number of nitrogens with zero attached hydrogens (tertiary/aromatic N) is 1. The molecule has 1 aliphatic heterocycles. The summed E-state index contributed by atoms with van der Waals surface area (Å²) in [4.78, 5) is 2.30. The zero-order valence-corrected chi connectivity index (χ0v) is 10.7. The molecule has 1 fully saturated rings. The summed E-state index contributed by atoms with van der Waals surface area (Å²) in [5.41, 5.74) is 0.988. The molecule has 0 bridgehead atoms. The number of hydrogen-bond acceptors (Lipinski definition) is 2. The molecule has 0 spiro atoms. The Hall–Kier alpha value is -1.09. The van der Waals surface area contributed by atoms with Crippen molar-refractivity contribution in [2.45, 2.75) is 33.2 Å². The number of rotatable bonds is 2. The number of aromatic hydroxyl groups is 1. The molecule has 1 aliphatic rings. The van der Waals surface area contributed by atoms with Crippen molar-refractivity contribution in [2.75, 3.05) is 13.1 Å². The first-order valence-electron chi connectivity index (χ1n) is 6.11. The second-order valence-electron chi connectivity index (χ2n) is 5.77. The first-order chi connectivity index (χ1) is 7.89. The van der Waals surface area contributed by atoms with Gasteiger partial charge in [0.1, 0.15) is 11.6 Å². The van der Waals surface area contributed by atoms with Gasteiger partial charge in [-0.05, 0) is 31.4 Å². The van der Waals surface area contributed by atoms with Crippen LogP contribution in [0.15, 0.2) is 18.2 Å². The van der Waals surface area contributed by atoms with Gasteiger partial charge in [-0.25, -0.2) is 4.39 Å². The average molecular weight is 237 g/mol. The lowest BCUT2D eigenvalue weighted by molar-refractivity contribution is 0.228. The van der Waals surface area contributed by atoms with Crippen LogP contribution >= 0.6 is 0 Å². The Kier molecular flexibility index (Phi) is 3.13. The van der Waals surface area contributed by atoms with Crippen molar-refractivity contribution in [2.24, 2.45) is 5.41 Å². The van der Waals surface area contributed by atoms with Gasteiger partial charge >= 0.3 is 0 Å². The fourth-order valence-electron chi connectivity index (χ4n) is 2.54. The van der Waals surface area contributed by atoms with E-state index in [1.165, 1.54) is 6.07 Å². The number of hydrogen-bond donors (Lipinski definition) is 1. The van der Waals surface area contributed by atoms with Crippen LogP contribution in [-0.4, -0.2) is 23.1 Å². The number of phenolic OH excluding ortho intramolecular Hbond substituents is 1. The van der Waals surface area contributed by atoms with Crippen LogP contribution in [0, 0.1) is 11.2 Å². The molecular weight excluding hydrogens is 217 g/mol. The molecule has 0 saturated carbocycles. The number of benzene rings is 1. The van der Waals surface area contributed by atoms with Gasteiger partial charge in [0.25, 0.3) is 0 Å². The summed E-state index contributed by atoms with van der Waals surface area (Å²) in [5, 5.41) is 9.21. The smallest absolute Gasteiger partial charge is 0.131 e. The average Bonchev–Trinajstić information content (AvgIpc) is 2.58. The van der Waals surface area contributed by atoms with Crippen molar-refractivity contribution in [3.63, 3.8) is 0 Å². The van der Waals surface area contributed by atoms with Crippen molar-refractivity contribution in [3.05, 3.63) is 29.6 Å². The van der Waals surface area contributed by atoms with Crippen LogP contribution in [0.5, 0.6) is 5.75 Å². The van der Waals surface area contributed by atoms with Gasteiger partial charge in [0.2, 0.25) is 0 Å². The maximum Gasteiger partial charge on any atom is 0.131 e. The zero-order chi connectivity index (χ0) is 12.6. The zero-order valence-electron chi connectivity index (χ0n) is 10.7. The van der Waals surface area contributed by atoms with Gasteiger partial charge < -0.3 is 5.11 Å². The highest BCUT2D eigenvalue weighted by molar-refractivity contribution is 5.29. The molecule has 1 saturated heterocycles. The fourth-order valence-corrected chi connectivity index (χ4v) is 2.54. The van der Waals surface area contributed by atoms with Gasteiger partial charge in [0, 0.05) is 24.2 Å². The van der Waals surface area contributed by atoms with Crippen molar-refractivity contribution >= 4 is 0 Å². The van der Waals surface area contributed by atoms with E-state index in [1.54, 1.807) is 12.1 Å². The molecule has 1 aromatic rings. The van der Waals surface area contributed by atoms with Gasteiger partial charge in [0.15, 0.2) is 0 Å². The van der Waals surface area contributed by atoms with Crippen molar-refractivity contribution < 1.29 is 9.50 Å². The first-order valence-corrected chi connectivity index (χ1v) is 6.11. The Bertz CT molecular complexity index is 417. The molecule has 0 aromatic heterocycles. The molecule has 1 heterocycles. The normalized spacial score (nSPS) is 21.6. The summed E-state index contributed by atoms with van der Waals surface area (Å²) in [7, 11) is 0. The van der Waals surface area contributed by atoms with Crippen LogP contribution in [-0.2, 0) is 0 Å². The summed E-state index contributed by atoms with van der Waals surface area (Å²) < 4.78 is 13.8. The van der Waals surface area contributed by atoms with Gasteiger partial charge in [-0.3, -0.25) is 4.90 Å². The molecule has 1 aromatic carbocycles. The maximum atomic E-state index is 13.8. The molecule has 1 unspecified atom stereocenters. The molecule has 0 amide bonds. The van der Waals surface area contributed by atoms with Gasteiger partial charge in [0.05, 0.1) is 0 Å². The quantitative estimate of drug-likeness (QED) is 0.853. The summed E-state index contributed by atoms with van der Waals surface area (Å²) in [6.07, 6.45) is 1.15. The predicted octanol–water partition coefficient (Wildman–Crippen LogP) is 3.32. The summed E-state index contributed by atoms with van der Waals surface area (Å²) >= 11 is 0. The Morgan fingerprint density at radius 1 is 1.41 bits per heavy atom. The minimum atomic E-state index is -0.317. The van der Waals surface area contributed by atoms with E-state index in [4.69, 9.17) is 0 Å². The van der Waals surface area contributed by atoms with E-state index in [9.17, 15) is 9.50 Å². The topological polar surface area (TPSA) is 23.5 Å². The van der Waals surface area contributed by atoms with Gasteiger partial charge in [-0.2, -0.15) is 0 Å². The molecule has 94 valence electrons. The minimum absolute atomic E-state index is 0.0137. The summed E-state index contributed by atoms with van der Waals surface area (Å²) in [5.74, 6) is -0.331. The van der Waals surface area contributed by atoms with Gasteiger partial charge in [-0.1, -0.05) is 19.9 Å². The Balaban J connectivity index is 2.17. The lowest BCUT2D eigenvalue weighted by atomic mass is 9.93. The first kappa shape index (κ1) is 12.4. The molecule has 0 radical (unpaired) electrons. The summed E-state index contributed by atoms with van der Waals surface area (Å²) in [6.45, 7) is 8.51. The van der Waals surface area contributed by atoms with Crippen LogP contribution in [0.3, 0.4) is 0 Å². The highest BCUT2D eigenvalue weighted by Crippen LogP contribution is 2.35. The van der Waals surface area contributed by atoms with Crippen LogP contribution in [0.2, 0.25) is 0 Å². The lowest BCUT2D eigenvalue weighted by Crippen LogP contribution is -2.27. The minimum Gasteiger partial charge on any atom is -0.508 e. The second-order valence-corrected chi connectivity index (χ2v) is 5.77. The van der Waals surface area contributed by atoms with E-state index >= 15 is 0 Å². The molecule has 1 atom stereocenters. The van der Waals surface area contributed by atoms with Crippen molar-refractivity contribution in [1.82, 2.24) is 4.90 Å². The Labute approximate surface area is 102 Å². The second kappa shape index (κ2) is 4.30. The number of phenols is 1. The van der Waals surface area contributed by atoms with E-state index in [2.05, 4.69) is 18.7 Å². The van der Waals surface area contributed by atoms with Crippen molar-refractivity contribution in [3.8, 4) is 5.75 Å². The third-order valence-corrected chi connectivity index (χ3v) is 3.69. The lowest BCUT2D eigenvalue weighted by Gasteiger charge is -2.26. The highest BCUT2D eigenvalue weighted by atomic mass is 19.1. The standard InChI is InChI=1S/C14H20FNO/c1-10(16-7-6-14(2,3)9-16)12-5-4-11(17)8-13(12)15/h4-5,8,10,17H,6-7,9H2,1-3H3. The van der Waals surface area contributed by atoms with E-state index in [0.29, 0.717) is 11.0 Å². The SMILES string of the molecule is CC(c1ccc(O)cc1F)N1CCC(C)(C)C1. The van der Waals surface area contributed by atoms with Crippen molar-refractivity contribution in [1.29, 1.82) is 0 Å². The Morgan fingerprint density at radius 3 is 2.65 bits per heavy atom. The molecular formula is C14H20FNO. The van der Waals surface area contributed by atoms with Crippen LogP contribution < -0.4 is 0 Å². The van der Waals surface area contributed by atoms with E-state index in [1.807, 2.05) is 6.92 Å². The molecule has 0 aliphatic carbocycles. The largest absolute Gasteiger partial charge is 0.508 e. The van der Waals surface area contributed by atoms with Gasteiger partial charge in [-0.15, -0.1) is 0 Å². The predicted molar refractivity (Wildman–Crippen MR) is 66.5 cm³/mol. The third-order valence-electron chi connectivity index (χ3n) is 3.69. The van der Waals surface area contributed by atoms with E-state index in [-0.39, 0.29) is 17.6 Å². The van der Waals surface area contributed by atoms with E-state index < -0.39 is 0 Å². The molecule has 2 nitrogen and oxygen atoms in total. The molecule has 3 heteroatoms. The molecule has 2 rings (SSSR count). The molecule has 1 N–H and O–H groups in total. The van der Waals surface area contributed by atoms with Crippen LogP contribution in [0.25, 0.3) is 0 Å².